The highest BCUT2D eigenvalue weighted by molar-refractivity contribution is 5.16. The molecule has 0 aromatic carbocycles. The van der Waals surface area contributed by atoms with Crippen LogP contribution in [-0.2, 0) is 0 Å². The van der Waals surface area contributed by atoms with Crippen molar-refractivity contribution >= 4 is 0 Å². The van der Waals surface area contributed by atoms with Crippen molar-refractivity contribution in [3.63, 3.8) is 0 Å². The lowest BCUT2D eigenvalue weighted by molar-refractivity contribution is -0.321. The molecule has 0 saturated heterocycles. The van der Waals surface area contributed by atoms with Gasteiger partial charge < -0.3 is 0 Å². The van der Waals surface area contributed by atoms with E-state index < -0.39 is 41.3 Å². The van der Waals surface area contributed by atoms with Crippen molar-refractivity contribution in [2.45, 2.75) is 52.4 Å². The van der Waals surface area contributed by atoms with Gasteiger partial charge in [-0.3, -0.25) is 0 Å². The summed E-state index contributed by atoms with van der Waals surface area (Å²) in [6.07, 6.45) is -10.8. The quantitative estimate of drug-likeness (QED) is 0.592. The molecule has 2 unspecified atom stereocenters. The minimum absolute atomic E-state index is 0.636. The highest BCUT2D eigenvalue weighted by atomic mass is 19.4. The van der Waals surface area contributed by atoms with E-state index in [0.717, 1.165) is 20.8 Å². The normalized spacial score (nSPS) is 20.0. The monoisotopic (exact) mass is 294 g/mol. The van der Waals surface area contributed by atoms with E-state index in [4.69, 9.17) is 0 Å². The van der Waals surface area contributed by atoms with Crippen LogP contribution in [0.4, 0.5) is 30.7 Å². The van der Waals surface area contributed by atoms with E-state index in [1.54, 1.807) is 0 Å². The number of alkyl halides is 6. The van der Waals surface area contributed by atoms with E-state index in [-0.39, 0.29) is 0 Å². The van der Waals surface area contributed by atoms with Gasteiger partial charge in [-0.05, 0) is 6.42 Å². The zero-order chi connectivity index (χ0) is 15.9. The van der Waals surface area contributed by atoms with Crippen LogP contribution < -0.4 is 0 Å². The van der Waals surface area contributed by atoms with Crippen LogP contribution in [0.2, 0.25) is 0 Å². The maximum Gasteiger partial charge on any atom is 0.428 e. The number of allylic oxidation sites excluding steroid dienone is 1. The van der Waals surface area contributed by atoms with Gasteiger partial charge in [-0.2, -0.15) is 13.2 Å². The van der Waals surface area contributed by atoms with Gasteiger partial charge >= 0.3 is 6.18 Å². The fourth-order valence-corrected chi connectivity index (χ4v) is 2.13. The Hall–Kier alpha value is -0.750. The van der Waals surface area contributed by atoms with Gasteiger partial charge in [-0.1, -0.05) is 34.3 Å². The summed E-state index contributed by atoms with van der Waals surface area (Å²) in [5.41, 5.74) is -9.63. The van der Waals surface area contributed by atoms with Gasteiger partial charge in [-0.25, -0.2) is 17.6 Å². The third kappa shape index (κ3) is 2.36. The van der Waals surface area contributed by atoms with Crippen LogP contribution in [0, 0.1) is 10.8 Å². The third-order valence-corrected chi connectivity index (χ3v) is 4.28. The number of hydrogen-bond donors (Lipinski definition) is 0. The summed E-state index contributed by atoms with van der Waals surface area (Å²) in [5.74, 6) is -1.27. The maximum atomic E-state index is 14.2. The van der Waals surface area contributed by atoms with Crippen molar-refractivity contribution in [1.29, 1.82) is 0 Å². The van der Waals surface area contributed by atoms with Crippen molar-refractivity contribution in [2.24, 2.45) is 10.8 Å². The first-order valence-corrected chi connectivity index (χ1v) is 5.58. The molecular formula is C12H17F7. The Morgan fingerprint density at radius 1 is 1.05 bits per heavy atom. The highest BCUT2D eigenvalue weighted by Crippen LogP contribution is 2.61. The van der Waals surface area contributed by atoms with Gasteiger partial charge in [0.2, 0.25) is 0 Å². The van der Waals surface area contributed by atoms with E-state index in [2.05, 4.69) is 6.58 Å². The lowest BCUT2D eigenvalue weighted by Crippen LogP contribution is -2.63. The van der Waals surface area contributed by atoms with E-state index in [0.29, 0.717) is 6.92 Å². The molecule has 0 amide bonds. The van der Waals surface area contributed by atoms with Crippen molar-refractivity contribution in [3.8, 4) is 0 Å². The molecular weight excluding hydrogens is 277 g/mol. The van der Waals surface area contributed by atoms with Crippen molar-refractivity contribution in [2.75, 3.05) is 0 Å². The van der Waals surface area contributed by atoms with Gasteiger partial charge in [0.15, 0.2) is 0 Å². The van der Waals surface area contributed by atoms with Crippen LogP contribution in [0.5, 0.6) is 0 Å². The second-order valence-corrected chi connectivity index (χ2v) is 5.23. The molecule has 0 saturated carbocycles. The van der Waals surface area contributed by atoms with Crippen LogP contribution in [0.3, 0.4) is 0 Å². The Bertz CT molecular complexity index is 344. The summed E-state index contributed by atoms with van der Waals surface area (Å²) >= 11 is 0. The molecule has 0 aliphatic heterocycles. The molecule has 7 heteroatoms. The molecule has 0 aromatic rings. The number of rotatable bonds is 5. The molecule has 0 spiro atoms. The Morgan fingerprint density at radius 2 is 1.42 bits per heavy atom. The Balaban J connectivity index is 6.25. The maximum absolute atomic E-state index is 14.2. The summed E-state index contributed by atoms with van der Waals surface area (Å²) in [5, 5.41) is 0. The second-order valence-electron chi connectivity index (χ2n) is 5.23. The zero-order valence-electron chi connectivity index (χ0n) is 11.1. The lowest BCUT2D eigenvalue weighted by Gasteiger charge is -2.51. The van der Waals surface area contributed by atoms with Crippen molar-refractivity contribution < 1.29 is 30.7 Å². The van der Waals surface area contributed by atoms with Gasteiger partial charge in [0, 0.05) is 10.8 Å². The standard InChI is InChI=1S/C12H17F7/c1-6-10(5,9(3,4)7(2)13)11(16,8(14)15)12(17,18)19/h8H,2,6H2,1,3-5H3. The second kappa shape index (κ2) is 4.98. The minimum Gasteiger partial charge on any atom is -0.227 e. The van der Waals surface area contributed by atoms with Crippen LogP contribution in [-0.4, -0.2) is 18.3 Å². The van der Waals surface area contributed by atoms with E-state index in [1.165, 1.54) is 0 Å². The van der Waals surface area contributed by atoms with Crippen LogP contribution in [0.1, 0.15) is 34.1 Å². The molecule has 0 nitrogen and oxygen atoms in total. The molecule has 0 bridgehead atoms. The Kier molecular flexibility index (Phi) is 4.78. The number of hydrogen-bond acceptors (Lipinski definition) is 0. The van der Waals surface area contributed by atoms with Gasteiger partial charge in [0.1, 0.15) is 0 Å². The summed E-state index contributed by atoms with van der Waals surface area (Å²) in [4.78, 5) is 0. The van der Waals surface area contributed by atoms with Gasteiger partial charge in [-0.15, -0.1) is 0 Å². The SMILES string of the molecule is C=C(F)C(C)(C)C(C)(CC)C(F)(C(F)F)C(F)(F)F. The van der Waals surface area contributed by atoms with Gasteiger partial charge in [0.05, 0.1) is 5.83 Å². The molecule has 0 radical (unpaired) electrons. The molecule has 114 valence electrons. The molecule has 0 N–H and O–H groups in total. The molecule has 0 fully saturated rings. The predicted molar refractivity (Wildman–Crippen MR) is 58.3 cm³/mol. The first-order valence-electron chi connectivity index (χ1n) is 5.58. The minimum atomic E-state index is -5.82. The van der Waals surface area contributed by atoms with Crippen molar-refractivity contribution in [1.82, 2.24) is 0 Å². The fraction of sp³-hybridized carbons (Fsp3) is 0.833. The van der Waals surface area contributed by atoms with E-state index >= 15 is 0 Å². The number of halogens is 7. The molecule has 0 heterocycles. The Labute approximate surface area is 107 Å². The van der Waals surface area contributed by atoms with Crippen LogP contribution in [0.15, 0.2) is 12.4 Å². The largest absolute Gasteiger partial charge is 0.428 e. The highest BCUT2D eigenvalue weighted by Gasteiger charge is 2.75. The van der Waals surface area contributed by atoms with Crippen molar-refractivity contribution in [3.05, 3.63) is 12.4 Å². The third-order valence-electron chi connectivity index (χ3n) is 4.28. The van der Waals surface area contributed by atoms with E-state index in [1.807, 2.05) is 0 Å². The average molecular weight is 294 g/mol. The Morgan fingerprint density at radius 3 is 1.58 bits per heavy atom. The summed E-state index contributed by atoms with van der Waals surface area (Å²) in [7, 11) is 0. The van der Waals surface area contributed by atoms with Crippen LogP contribution in [0.25, 0.3) is 0 Å². The zero-order valence-corrected chi connectivity index (χ0v) is 11.1. The molecule has 0 aromatic heterocycles. The molecule has 0 rings (SSSR count). The molecule has 0 aliphatic rings. The van der Waals surface area contributed by atoms with E-state index in [9.17, 15) is 30.7 Å². The predicted octanol–water partition coefficient (Wildman–Crippen LogP) is 5.45. The summed E-state index contributed by atoms with van der Waals surface area (Å²) in [6, 6.07) is 0. The van der Waals surface area contributed by atoms with Gasteiger partial charge in [0.25, 0.3) is 12.1 Å². The fourth-order valence-electron chi connectivity index (χ4n) is 2.13. The smallest absolute Gasteiger partial charge is 0.227 e. The summed E-state index contributed by atoms with van der Waals surface area (Å²) in [6.45, 7) is 6.48. The lowest BCUT2D eigenvalue weighted by atomic mass is 9.56. The topological polar surface area (TPSA) is 0 Å². The summed E-state index contributed by atoms with van der Waals surface area (Å²) < 4.78 is 91.7. The average Bonchev–Trinajstić information content (AvgIpc) is 2.24. The molecule has 2 atom stereocenters. The first-order chi connectivity index (χ1) is 8.20. The van der Waals surface area contributed by atoms with Crippen LogP contribution >= 0.6 is 0 Å². The molecule has 0 aliphatic carbocycles. The molecule has 19 heavy (non-hydrogen) atoms. The first kappa shape index (κ1) is 18.2.